The van der Waals surface area contributed by atoms with Gasteiger partial charge in [0.25, 0.3) is 5.91 Å². The lowest BCUT2D eigenvalue weighted by molar-refractivity contribution is -0.148. The van der Waals surface area contributed by atoms with Crippen molar-refractivity contribution in [1.29, 1.82) is 0 Å². The summed E-state index contributed by atoms with van der Waals surface area (Å²) in [6.45, 7) is 3.47. The predicted octanol–water partition coefficient (Wildman–Crippen LogP) is 0.788. The molecular weight excluding hydrogens is 340 g/mol. The number of ether oxygens (including phenoxy) is 2. The summed E-state index contributed by atoms with van der Waals surface area (Å²) in [4.78, 5) is 35.9. The number of hydrogen-bond acceptors (Lipinski definition) is 5. The molecule has 2 fully saturated rings. The lowest BCUT2D eigenvalue weighted by Crippen LogP contribution is -2.52. The quantitative estimate of drug-likeness (QED) is 0.667. The standard InChI is InChI=1S/C18H22N2O6/c1-9-4-3-5-11(8-9)25-10(2)16(21)19-20-17(22)14-12-6-7-13(26-12)15(14)18(23)24/h3-5,8,10,12-15H,6-7H2,1-2H3,(H,19,21)(H,20,22)(H,23,24)/t10-,12-,13-,14+,15-/m0/s1. The Morgan fingerprint density at radius 1 is 1.19 bits per heavy atom. The average molecular weight is 362 g/mol. The molecule has 2 heterocycles. The highest BCUT2D eigenvalue weighted by Crippen LogP contribution is 2.43. The van der Waals surface area contributed by atoms with Crippen LogP contribution in [0.2, 0.25) is 0 Å². The van der Waals surface area contributed by atoms with Crippen LogP contribution < -0.4 is 15.6 Å². The summed E-state index contributed by atoms with van der Waals surface area (Å²) in [5.74, 6) is -3.28. The Morgan fingerprint density at radius 3 is 2.54 bits per heavy atom. The Labute approximate surface area is 150 Å². The number of amides is 2. The van der Waals surface area contributed by atoms with Gasteiger partial charge in [-0.25, -0.2) is 0 Å². The molecule has 26 heavy (non-hydrogen) atoms. The molecule has 3 N–H and O–H groups in total. The van der Waals surface area contributed by atoms with Gasteiger partial charge in [-0.05, 0) is 44.4 Å². The van der Waals surface area contributed by atoms with E-state index in [9.17, 15) is 19.5 Å². The van der Waals surface area contributed by atoms with Crippen molar-refractivity contribution in [2.45, 2.75) is 45.0 Å². The third kappa shape index (κ3) is 3.65. The summed E-state index contributed by atoms with van der Waals surface area (Å²) in [7, 11) is 0. The van der Waals surface area contributed by atoms with Gasteiger partial charge >= 0.3 is 5.97 Å². The van der Waals surface area contributed by atoms with Crippen molar-refractivity contribution < 1.29 is 29.0 Å². The van der Waals surface area contributed by atoms with Gasteiger partial charge in [-0.15, -0.1) is 0 Å². The summed E-state index contributed by atoms with van der Waals surface area (Å²) < 4.78 is 11.1. The monoisotopic (exact) mass is 362 g/mol. The third-order valence-electron chi connectivity index (χ3n) is 4.84. The van der Waals surface area contributed by atoms with Gasteiger partial charge in [0.05, 0.1) is 24.0 Å². The summed E-state index contributed by atoms with van der Waals surface area (Å²) >= 11 is 0. The van der Waals surface area contributed by atoms with E-state index in [1.165, 1.54) is 0 Å². The molecule has 0 radical (unpaired) electrons. The second-order valence-electron chi connectivity index (χ2n) is 6.74. The van der Waals surface area contributed by atoms with Crippen LogP contribution >= 0.6 is 0 Å². The number of carbonyl (C=O) groups is 3. The summed E-state index contributed by atoms with van der Waals surface area (Å²) in [5.41, 5.74) is 5.61. The van der Waals surface area contributed by atoms with E-state index in [0.717, 1.165) is 5.56 Å². The van der Waals surface area contributed by atoms with E-state index < -0.39 is 47.9 Å². The number of carbonyl (C=O) groups excluding carboxylic acids is 2. The normalized spacial score (nSPS) is 27.6. The number of nitrogens with one attached hydrogen (secondary N) is 2. The van der Waals surface area contributed by atoms with Crippen molar-refractivity contribution in [3.8, 4) is 5.75 Å². The Balaban J connectivity index is 1.54. The van der Waals surface area contributed by atoms with Crippen LogP contribution in [0.5, 0.6) is 5.75 Å². The topological polar surface area (TPSA) is 114 Å². The molecule has 5 atom stereocenters. The van der Waals surface area contributed by atoms with Crippen molar-refractivity contribution in [2.24, 2.45) is 11.8 Å². The van der Waals surface area contributed by atoms with Gasteiger partial charge in [-0.1, -0.05) is 12.1 Å². The molecule has 8 nitrogen and oxygen atoms in total. The fourth-order valence-corrected chi connectivity index (χ4v) is 3.58. The summed E-state index contributed by atoms with van der Waals surface area (Å²) in [6, 6.07) is 7.26. The van der Waals surface area contributed by atoms with Gasteiger partial charge in [0.2, 0.25) is 5.91 Å². The molecule has 140 valence electrons. The molecule has 0 unspecified atom stereocenters. The van der Waals surface area contributed by atoms with E-state index in [1.54, 1.807) is 19.1 Å². The minimum atomic E-state index is -1.06. The predicted molar refractivity (Wildman–Crippen MR) is 90.1 cm³/mol. The van der Waals surface area contributed by atoms with Crippen LogP contribution in [-0.4, -0.2) is 41.2 Å². The number of benzene rings is 1. The SMILES string of the molecule is Cc1cccc(O[C@@H](C)C(=O)NNC(=O)[C@H]2[C@@H](C(=O)O)[C@@H]3CC[C@@H]2O3)c1. The van der Waals surface area contributed by atoms with Gasteiger partial charge < -0.3 is 14.6 Å². The maximum Gasteiger partial charge on any atom is 0.310 e. The van der Waals surface area contributed by atoms with Crippen LogP contribution in [0.1, 0.15) is 25.3 Å². The van der Waals surface area contributed by atoms with E-state index in [1.807, 2.05) is 19.1 Å². The number of hydrazine groups is 1. The number of aliphatic carboxylic acids is 1. The van der Waals surface area contributed by atoms with Crippen molar-refractivity contribution in [2.75, 3.05) is 0 Å². The van der Waals surface area contributed by atoms with Crippen molar-refractivity contribution in [1.82, 2.24) is 10.9 Å². The molecule has 2 saturated heterocycles. The number of hydrogen-bond donors (Lipinski definition) is 3. The average Bonchev–Trinajstić information content (AvgIpc) is 3.20. The Bertz CT molecular complexity index is 721. The largest absolute Gasteiger partial charge is 0.481 e. The van der Waals surface area contributed by atoms with Crippen LogP contribution in [0.4, 0.5) is 0 Å². The van der Waals surface area contributed by atoms with E-state index >= 15 is 0 Å². The van der Waals surface area contributed by atoms with Crippen LogP contribution in [0, 0.1) is 18.8 Å². The van der Waals surface area contributed by atoms with Crippen LogP contribution in [0.3, 0.4) is 0 Å². The maximum absolute atomic E-state index is 12.4. The van der Waals surface area contributed by atoms with Gasteiger partial charge in [-0.2, -0.15) is 0 Å². The highest BCUT2D eigenvalue weighted by molar-refractivity contribution is 5.89. The van der Waals surface area contributed by atoms with Gasteiger partial charge in [0.15, 0.2) is 6.10 Å². The molecule has 2 bridgehead atoms. The zero-order valence-electron chi connectivity index (χ0n) is 14.6. The molecule has 0 aliphatic carbocycles. The Hall–Kier alpha value is -2.61. The van der Waals surface area contributed by atoms with Gasteiger partial charge in [0.1, 0.15) is 5.75 Å². The molecular formula is C18H22N2O6. The first-order valence-electron chi connectivity index (χ1n) is 8.58. The lowest BCUT2D eigenvalue weighted by atomic mass is 9.79. The highest BCUT2D eigenvalue weighted by atomic mass is 16.5. The first-order valence-corrected chi connectivity index (χ1v) is 8.58. The molecule has 2 aliphatic rings. The fourth-order valence-electron chi connectivity index (χ4n) is 3.58. The highest BCUT2D eigenvalue weighted by Gasteiger charge is 2.55. The van der Waals surface area contributed by atoms with Crippen molar-refractivity contribution in [3.05, 3.63) is 29.8 Å². The smallest absolute Gasteiger partial charge is 0.310 e. The summed E-state index contributed by atoms with van der Waals surface area (Å²) in [6.07, 6.45) is -0.401. The molecule has 0 saturated carbocycles. The van der Waals surface area contributed by atoms with E-state index in [2.05, 4.69) is 10.9 Å². The lowest BCUT2D eigenvalue weighted by Gasteiger charge is -2.24. The number of rotatable bonds is 5. The maximum atomic E-state index is 12.4. The molecule has 3 rings (SSSR count). The van der Waals surface area contributed by atoms with Crippen LogP contribution in [-0.2, 0) is 19.1 Å². The van der Waals surface area contributed by atoms with E-state index in [4.69, 9.17) is 9.47 Å². The minimum Gasteiger partial charge on any atom is -0.481 e. The zero-order chi connectivity index (χ0) is 18.8. The van der Waals surface area contributed by atoms with Gasteiger partial charge in [0, 0.05) is 0 Å². The second kappa shape index (κ2) is 7.33. The van der Waals surface area contributed by atoms with E-state index in [0.29, 0.717) is 18.6 Å². The van der Waals surface area contributed by atoms with E-state index in [-0.39, 0.29) is 0 Å². The van der Waals surface area contributed by atoms with Crippen LogP contribution in [0.25, 0.3) is 0 Å². The van der Waals surface area contributed by atoms with Gasteiger partial charge in [-0.3, -0.25) is 25.2 Å². The number of aryl methyl sites for hydroxylation is 1. The Kier molecular flexibility index (Phi) is 5.13. The molecule has 1 aromatic rings. The molecule has 2 amide bonds. The van der Waals surface area contributed by atoms with Crippen molar-refractivity contribution >= 4 is 17.8 Å². The zero-order valence-corrected chi connectivity index (χ0v) is 14.6. The molecule has 2 aliphatic heterocycles. The van der Waals surface area contributed by atoms with Crippen LogP contribution in [0.15, 0.2) is 24.3 Å². The minimum absolute atomic E-state index is 0.418. The number of fused-ring (bicyclic) bond motifs is 2. The number of carboxylic acids is 1. The number of carboxylic acid groups (broad SMARTS) is 1. The first-order chi connectivity index (χ1) is 12.4. The molecule has 8 heteroatoms. The molecule has 0 aromatic heterocycles. The summed E-state index contributed by atoms with van der Waals surface area (Å²) in [5, 5.41) is 9.34. The Morgan fingerprint density at radius 2 is 1.88 bits per heavy atom. The fraction of sp³-hybridized carbons (Fsp3) is 0.500. The first kappa shape index (κ1) is 18.2. The molecule has 1 aromatic carbocycles. The second-order valence-corrected chi connectivity index (χ2v) is 6.74. The third-order valence-corrected chi connectivity index (χ3v) is 4.84. The van der Waals surface area contributed by atoms with Crippen molar-refractivity contribution in [3.63, 3.8) is 0 Å². The molecule has 0 spiro atoms.